The van der Waals surface area contributed by atoms with Gasteiger partial charge in [-0.3, -0.25) is 9.48 Å². The molecule has 5 nitrogen and oxygen atoms in total. The van der Waals surface area contributed by atoms with Gasteiger partial charge in [-0.1, -0.05) is 28.1 Å². The fourth-order valence-corrected chi connectivity index (χ4v) is 2.05. The number of anilines is 1. The molecule has 0 bridgehead atoms. The summed E-state index contributed by atoms with van der Waals surface area (Å²) in [5.41, 5.74) is 7.50. The van der Waals surface area contributed by atoms with Gasteiger partial charge in [0.15, 0.2) is 5.69 Å². The predicted octanol–water partition coefficient (Wildman–Crippen LogP) is 2.04. The van der Waals surface area contributed by atoms with E-state index in [4.69, 9.17) is 5.73 Å². The zero-order valence-electron chi connectivity index (χ0n) is 10.8. The molecule has 100 valence electrons. The summed E-state index contributed by atoms with van der Waals surface area (Å²) in [5.74, 6) is -0.180. The van der Waals surface area contributed by atoms with E-state index in [9.17, 15) is 4.79 Å². The first-order chi connectivity index (χ1) is 8.97. The van der Waals surface area contributed by atoms with Gasteiger partial charge in [0, 0.05) is 31.3 Å². The van der Waals surface area contributed by atoms with Crippen LogP contribution >= 0.6 is 15.9 Å². The van der Waals surface area contributed by atoms with E-state index in [1.54, 1.807) is 25.2 Å². The van der Waals surface area contributed by atoms with Crippen molar-refractivity contribution < 1.29 is 4.79 Å². The molecule has 19 heavy (non-hydrogen) atoms. The summed E-state index contributed by atoms with van der Waals surface area (Å²) >= 11 is 3.38. The monoisotopic (exact) mass is 322 g/mol. The number of nitrogens with zero attached hydrogens (tertiary/aromatic N) is 3. The van der Waals surface area contributed by atoms with Crippen LogP contribution in [0.15, 0.2) is 34.9 Å². The minimum Gasteiger partial charge on any atom is -0.396 e. The number of rotatable bonds is 3. The van der Waals surface area contributed by atoms with Crippen molar-refractivity contribution in [2.75, 3.05) is 12.8 Å². The van der Waals surface area contributed by atoms with Gasteiger partial charge < -0.3 is 10.6 Å². The third-order valence-corrected chi connectivity index (χ3v) is 3.27. The number of nitrogens with two attached hydrogens (primary N) is 1. The van der Waals surface area contributed by atoms with Crippen LogP contribution in [0.3, 0.4) is 0 Å². The molecule has 0 fully saturated rings. The third-order valence-electron chi connectivity index (χ3n) is 2.74. The summed E-state index contributed by atoms with van der Waals surface area (Å²) in [6.07, 6.45) is 1.63. The van der Waals surface area contributed by atoms with Gasteiger partial charge in [0.2, 0.25) is 0 Å². The van der Waals surface area contributed by atoms with Crippen LogP contribution in [0, 0.1) is 0 Å². The van der Waals surface area contributed by atoms with E-state index < -0.39 is 0 Å². The zero-order chi connectivity index (χ0) is 14.0. The summed E-state index contributed by atoms with van der Waals surface area (Å²) in [4.78, 5) is 13.8. The Balaban J connectivity index is 2.11. The lowest BCUT2D eigenvalue weighted by atomic mass is 10.2. The van der Waals surface area contributed by atoms with Gasteiger partial charge in [-0.25, -0.2) is 0 Å². The van der Waals surface area contributed by atoms with E-state index in [2.05, 4.69) is 21.0 Å². The minimum absolute atomic E-state index is 0.180. The topological polar surface area (TPSA) is 64.2 Å². The molecular weight excluding hydrogens is 308 g/mol. The van der Waals surface area contributed by atoms with Crippen molar-refractivity contribution in [3.63, 3.8) is 0 Å². The van der Waals surface area contributed by atoms with E-state index in [1.807, 2.05) is 24.3 Å². The Morgan fingerprint density at radius 3 is 2.58 bits per heavy atom. The van der Waals surface area contributed by atoms with Gasteiger partial charge in [-0.05, 0) is 17.7 Å². The molecule has 0 aliphatic rings. The van der Waals surface area contributed by atoms with Crippen molar-refractivity contribution in [3.8, 4) is 0 Å². The number of aryl methyl sites for hydroxylation is 1. The molecule has 2 aromatic rings. The Morgan fingerprint density at radius 2 is 2.05 bits per heavy atom. The van der Waals surface area contributed by atoms with Crippen molar-refractivity contribution in [2.45, 2.75) is 6.54 Å². The number of hydrogen-bond acceptors (Lipinski definition) is 3. The van der Waals surface area contributed by atoms with Crippen molar-refractivity contribution >= 4 is 27.5 Å². The Bertz CT molecular complexity index is 591. The van der Waals surface area contributed by atoms with E-state index in [0.29, 0.717) is 17.9 Å². The van der Waals surface area contributed by atoms with Gasteiger partial charge in [-0.15, -0.1) is 0 Å². The van der Waals surface area contributed by atoms with Crippen molar-refractivity contribution in [1.82, 2.24) is 14.7 Å². The van der Waals surface area contributed by atoms with Gasteiger partial charge in [0.05, 0.1) is 5.69 Å². The van der Waals surface area contributed by atoms with Crippen LogP contribution in [0.2, 0.25) is 0 Å². The van der Waals surface area contributed by atoms with Crippen LogP contribution in [-0.4, -0.2) is 27.6 Å². The number of hydrogen-bond donors (Lipinski definition) is 1. The number of nitrogen functional groups attached to an aromatic ring is 1. The van der Waals surface area contributed by atoms with Crippen molar-refractivity contribution in [3.05, 3.63) is 46.2 Å². The molecule has 2 rings (SSSR count). The van der Waals surface area contributed by atoms with Gasteiger partial charge in [-0.2, -0.15) is 5.10 Å². The summed E-state index contributed by atoms with van der Waals surface area (Å²) < 4.78 is 2.55. The summed E-state index contributed by atoms with van der Waals surface area (Å²) in [7, 11) is 3.47. The average molecular weight is 323 g/mol. The van der Waals surface area contributed by atoms with Gasteiger partial charge in [0.1, 0.15) is 0 Å². The molecule has 6 heteroatoms. The molecule has 0 saturated heterocycles. The van der Waals surface area contributed by atoms with Crippen LogP contribution in [0.25, 0.3) is 0 Å². The molecule has 1 amide bonds. The molecule has 0 aliphatic heterocycles. The molecule has 2 N–H and O–H groups in total. The largest absolute Gasteiger partial charge is 0.396 e. The fraction of sp³-hybridized carbons (Fsp3) is 0.231. The first-order valence-corrected chi connectivity index (χ1v) is 6.55. The highest BCUT2D eigenvalue weighted by molar-refractivity contribution is 9.10. The Labute approximate surface area is 120 Å². The van der Waals surface area contributed by atoms with Crippen LogP contribution in [-0.2, 0) is 13.6 Å². The van der Waals surface area contributed by atoms with E-state index in [0.717, 1.165) is 10.0 Å². The van der Waals surface area contributed by atoms with E-state index in [-0.39, 0.29) is 5.91 Å². The average Bonchev–Trinajstić information content (AvgIpc) is 2.70. The van der Waals surface area contributed by atoms with Crippen molar-refractivity contribution in [1.29, 1.82) is 0 Å². The number of aromatic nitrogens is 2. The number of halogens is 1. The molecule has 0 aliphatic carbocycles. The molecule has 0 spiro atoms. The summed E-state index contributed by atoms with van der Waals surface area (Å²) in [5, 5.41) is 4.08. The number of amides is 1. The lowest BCUT2D eigenvalue weighted by molar-refractivity contribution is 0.0779. The van der Waals surface area contributed by atoms with E-state index >= 15 is 0 Å². The van der Waals surface area contributed by atoms with Crippen LogP contribution in [0.1, 0.15) is 16.1 Å². The normalized spacial score (nSPS) is 10.5. The third kappa shape index (κ3) is 3.14. The van der Waals surface area contributed by atoms with Gasteiger partial charge in [0.25, 0.3) is 5.91 Å². The maximum Gasteiger partial charge on any atom is 0.276 e. The first-order valence-electron chi connectivity index (χ1n) is 5.76. The quantitative estimate of drug-likeness (QED) is 0.940. The highest BCUT2D eigenvalue weighted by Gasteiger charge is 2.18. The maximum atomic E-state index is 12.2. The molecular formula is C13H15BrN4O. The lowest BCUT2D eigenvalue weighted by Gasteiger charge is -2.16. The molecule has 0 radical (unpaired) electrons. The Hall–Kier alpha value is -1.82. The fourth-order valence-electron chi connectivity index (χ4n) is 1.79. The summed E-state index contributed by atoms with van der Waals surface area (Å²) in [6.45, 7) is 0.516. The maximum absolute atomic E-state index is 12.2. The second-order valence-corrected chi connectivity index (χ2v) is 5.31. The highest BCUT2D eigenvalue weighted by Crippen LogP contribution is 2.15. The lowest BCUT2D eigenvalue weighted by Crippen LogP contribution is -2.27. The minimum atomic E-state index is -0.180. The molecule has 1 aromatic carbocycles. The standard InChI is InChI=1S/C13H15BrN4O/c1-17(7-9-3-5-10(14)6-4-9)13(19)12-11(15)8-18(2)16-12/h3-6,8H,7,15H2,1-2H3. The van der Waals surface area contributed by atoms with Crippen molar-refractivity contribution in [2.24, 2.45) is 7.05 Å². The summed E-state index contributed by atoms with van der Waals surface area (Å²) in [6, 6.07) is 7.83. The number of benzene rings is 1. The van der Waals surface area contributed by atoms with E-state index in [1.165, 1.54) is 4.68 Å². The van der Waals surface area contributed by atoms with Crippen LogP contribution < -0.4 is 5.73 Å². The molecule has 1 aromatic heterocycles. The highest BCUT2D eigenvalue weighted by atomic mass is 79.9. The zero-order valence-corrected chi connectivity index (χ0v) is 12.4. The van der Waals surface area contributed by atoms with Gasteiger partial charge >= 0.3 is 0 Å². The smallest absolute Gasteiger partial charge is 0.276 e. The Morgan fingerprint density at radius 1 is 1.42 bits per heavy atom. The Kier molecular flexibility index (Phi) is 3.90. The molecule has 1 heterocycles. The second kappa shape index (κ2) is 5.44. The second-order valence-electron chi connectivity index (χ2n) is 4.39. The number of carbonyl (C=O) groups excluding carboxylic acids is 1. The van der Waals surface area contributed by atoms with Crippen LogP contribution in [0.5, 0.6) is 0 Å². The van der Waals surface area contributed by atoms with Crippen LogP contribution in [0.4, 0.5) is 5.69 Å². The SMILES string of the molecule is CN(Cc1ccc(Br)cc1)C(=O)c1nn(C)cc1N. The number of carbonyl (C=O) groups is 1. The molecule has 0 unspecified atom stereocenters. The molecule has 0 atom stereocenters. The molecule has 0 saturated carbocycles. The predicted molar refractivity (Wildman–Crippen MR) is 77.6 cm³/mol. The first kappa shape index (κ1) is 13.6.